The smallest absolute Gasteiger partial charge is 0.421 e. The van der Waals surface area contributed by atoms with Crippen LogP contribution in [0.4, 0.5) is 18.0 Å². The van der Waals surface area contributed by atoms with E-state index in [0.717, 1.165) is 9.87 Å². The Kier molecular flexibility index (Phi) is 7.02. The molecule has 4 nitrogen and oxygen atoms in total. The first-order chi connectivity index (χ1) is 10.4. The van der Waals surface area contributed by atoms with E-state index in [4.69, 9.17) is 0 Å². The Balaban J connectivity index is 0.00000116. The Morgan fingerprint density at radius 3 is 2.32 bits per heavy atom. The van der Waals surface area contributed by atoms with Gasteiger partial charge >= 0.3 is 12.3 Å². The molecule has 0 aromatic heterocycles. The van der Waals surface area contributed by atoms with E-state index in [-0.39, 0.29) is 18.7 Å². The summed E-state index contributed by atoms with van der Waals surface area (Å²) in [6.45, 7) is 6.25. The molecule has 8 heteroatoms. The summed E-state index contributed by atoms with van der Waals surface area (Å²) in [5.41, 5.74) is 0.980. The lowest BCUT2D eigenvalue weighted by molar-refractivity contribution is -0.152. The number of aryl methyl sites for hydroxylation is 1. The fourth-order valence-corrected chi connectivity index (χ4v) is 2.46. The molecule has 1 amide bonds. The molecule has 1 saturated heterocycles. The zero-order chi connectivity index (χ0) is 16.8. The second-order valence-corrected chi connectivity index (χ2v) is 5.17. The molecule has 2 rings (SSSR count). The number of hydrogen-bond donors (Lipinski definition) is 1. The predicted octanol–water partition coefficient (Wildman–Crippen LogP) is 4.23. The summed E-state index contributed by atoms with van der Waals surface area (Å²) >= 11 is 0.615. The highest BCUT2D eigenvalue weighted by Gasteiger charge is 2.41. The number of cyclic esters (lactones) is 1. The molecular weight excluding hydrogens is 317 g/mol. The molecule has 1 aromatic carbocycles. The number of amides is 1. The van der Waals surface area contributed by atoms with Crippen molar-refractivity contribution in [3.05, 3.63) is 35.4 Å². The molecule has 0 radical (unpaired) electrons. The van der Waals surface area contributed by atoms with Crippen LogP contribution in [0.2, 0.25) is 0 Å². The molecule has 1 aliphatic heterocycles. The van der Waals surface area contributed by atoms with E-state index in [2.05, 4.69) is 9.46 Å². The van der Waals surface area contributed by atoms with Gasteiger partial charge in [-0.05, 0) is 12.5 Å². The second-order valence-electron chi connectivity index (χ2n) is 4.31. The number of ether oxygens (including phenoxy) is 1. The first-order valence-corrected chi connectivity index (χ1v) is 7.65. The van der Waals surface area contributed by atoms with Gasteiger partial charge in [-0.3, -0.25) is 0 Å². The Bertz CT molecular complexity index is 480. The highest BCUT2D eigenvalue weighted by atomic mass is 32.2. The molecule has 1 fully saturated rings. The number of carbonyl (C=O) groups excluding carboxylic acids is 1. The predicted molar refractivity (Wildman–Crippen MR) is 80.1 cm³/mol. The van der Waals surface area contributed by atoms with Crippen LogP contribution < -0.4 is 4.72 Å². The SMILES string of the molecule is CC.Cc1ccc(C(NSN2CCOC2=O)C(F)(F)F)cc1. The molecule has 1 atom stereocenters. The van der Waals surface area contributed by atoms with Crippen LogP contribution in [-0.4, -0.2) is 29.7 Å². The molecule has 0 aliphatic carbocycles. The number of carbonyl (C=O) groups is 1. The highest BCUT2D eigenvalue weighted by molar-refractivity contribution is 7.95. The number of halogens is 3. The van der Waals surface area contributed by atoms with E-state index in [1.54, 1.807) is 19.1 Å². The molecule has 1 aromatic rings. The highest BCUT2D eigenvalue weighted by Crippen LogP contribution is 2.35. The first-order valence-electron chi connectivity index (χ1n) is 6.88. The summed E-state index contributed by atoms with van der Waals surface area (Å²) in [7, 11) is 0. The van der Waals surface area contributed by atoms with Gasteiger partial charge < -0.3 is 4.74 Å². The summed E-state index contributed by atoms with van der Waals surface area (Å²) in [4.78, 5) is 11.2. The van der Waals surface area contributed by atoms with Gasteiger partial charge in [0.15, 0.2) is 0 Å². The number of benzene rings is 1. The van der Waals surface area contributed by atoms with Crippen LogP contribution in [0.5, 0.6) is 0 Å². The van der Waals surface area contributed by atoms with Gasteiger partial charge in [-0.2, -0.15) is 13.2 Å². The third-order valence-corrected chi connectivity index (χ3v) is 3.64. The number of nitrogens with one attached hydrogen (secondary N) is 1. The minimum Gasteiger partial charge on any atom is -0.447 e. The fraction of sp³-hybridized carbons (Fsp3) is 0.500. The Hall–Kier alpha value is -1.41. The maximum atomic E-state index is 13.1. The van der Waals surface area contributed by atoms with E-state index in [0.29, 0.717) is 12.1 Å². The van der Waals surface area contributed by atoms with Crippen molar-refractivity contribution >= 4 is 18.2 Å². The Labute approximate surface area is 132 Å². The third kappa shape index (κ3) is 5.10. The monoisotopic (exact) mass is 336 g/mol. The zero-order valence-electron chi connectivity index (χ0n) is 12.6. The van der Waals surface area contributed by atoms with Crippen LogP contribution in [0.15, 0.2) is 24.3 Å². The molecule has 1 heterocycles. The maximum absolute atomic E-state index is 13.1. The van der Waals surface area contributed by atoms with E-state index in [1.165, 1.54) is 12.1 Å². The van der Waals surface area contributed by atoms with Crippen molar-refractivity contribution in [1.82, 2.24) is 9.03 Å². The molecule has 124 valence electrons. The Morgan fingerprint density at radius 2 is 1.86 bits per heavy atom. The zero-order valence-corrected chi connectivity index (χ0v) is 13.4. The maximum Gasteiger partial charge on any atom is 0.421 e. The Morgan fingerprint density at radius 1 is 1.27 bits per heavy atom. The minimum atomic E-state index is -4.45. The summed E-state index contributed by atoms with van der Waals surface area (Å²) in [6, 6.07) is 4.23. The lowest BCUT2D eigenvalue weighted by atomic mass is 10.1. The summed E-state index contributed by atoms with van der Waals surface area (Å²) < 4.78 is 47.3. The van der Waals surface area contributed by atoms with E-state index >= 15 is 0 Å². The largest absolute Gasteiger partial charge is 0.447 e. The van der Waals surface area contributed by atoms with Crippen LogP contribution in [0.25, 0.3) is 0 Å². The van der Waals surface area contributed by atoms with Crippen molar-refractivity contribution in [3.63, 3.8) is 0 Å². The number of nitrogens with zero attached hydrogens (tertiary/aromatic N) is 1. The molecule has 1 aliphatic rings. The molecular formula is C14H19F3N2O2S. The van der Waals surface area contributed by atoms with Gasteiger partial charge in [0.05, 0.1) is 6.54 Å². The van der Waals surface area contributed by atoms with E-state index < -0.39 is 18.3 Å². The molecule has 1 unspecified atom stereocenters. The van der Waals surface area contributed by atoms with Gasteiger partial charge in [0.25, 0.3) is 0 Å². The minimum absolute atomic E-state index is 0.100. The van der Waals surface area contributed by atoms with E-state index in [9.17, 15) is 18.0 Å². The summed E-state index contributed by atoms with van der Waals surface area (Å²) in [6.07, 6.45) is -5.08. The van der Waals surface area contributed by atoms with Crippen LogP contribution in [0.1, 0.15) is 31.0 Å². The van der Waals surface area contributed by atoms with Gasteiger partial charge in [-0.25, -0.2) is 13.8 Å². The molecule has 1 N–H and O–H groups in total. The van der Waals surface area contributed by atoms with Gasteiger partial charge in [0.2, 0.25) is 0 Å². The van der Waals surface area contributed by atoms with Gasteiger partial charge in [-0.15, -0.1) is 0 Å². The van der Waals surface area contributed by atoms with Crippen molar-refractivity contribution in [2.24, 2.45) is 0 Å². The van der Waals surface area contributed by atoms with Gasteiger partial charge in [-0.1, -0.05) is 43.7 Å². The quantitative estimate of drug-likeness (QED) is 0.836. The first kappa shape index (κ1) is 18.6. The van der Waals surface area contributed by atoms with Crippen LogP contribution in [-0.2, 0) is 4.74 Å². The molecule has 0 saturated carbocycles. The molecule has 0 spiro atoms. The standard InChI is InChI=1S/C12H13F3N2O2S.C2H6/c1-8-2-4-9(5-3-8)10(12(13,14)15)16-20-17-6-7-19-11(17)18;1-2/h2-5,10,16H,6-7H2,1H3;1-2H3. The van der Waals surface area contributed by atoms with Crippen LogP contribution >= 0.6 is 12.1 Å². The number of hydrogen-bond acceptors (Lipinski definition) is 4. The number of alkyl halides is 3. The van der Waals surface area contributed by atoms with Crippen molar-refractivity contribution in [1.29, 1.82) is 0 Å². The van der Waals surface area contributed by atoms with Gasteiger partial charge in [0.1, 0.15) is 12.6 Å². The third-order valence-electron chi connectivity index (χ3n) is 2.74. The van der Waals surface area contributed by atoms with Crippen molar-refractivity contribution in [2.45, 2.75) is 33.0 Å². The summed E-state index contributed by atoms with van der Waals surface area (Å²) in [5, 5.41) is 0. The summed E-state index contributed by atoms with van der Waals surface area (Å²) in [5.74, 6) is 0. The fourth-order valence-electron chi connectivity index (χ4n) is 1.66. The lowest BCUT2D eigenvalue weighted by Crippen LogP contribution is -2.33. The van der Waals surface area contributed by atoms with Crippen molar-refractivity contribution in [2.75, 3.05) is 13.2 Å². The van der Waals surface area contributed by atoms with Crippen molar-refractivity contribution in [3.8, 4) is 0 Å². The number of rotatable bonds is 4. The van der Waals surface area contributed by atoms with Crippen molar-refractivity contribution < 1.29 is 22.7 Å². The normalized spacial score (nSPS) is 15.9. The molecule has 22 heavy (non-hydrogen) atoms. The van der Waals surface area contributed by atoms with Crippen LogP contribution in [0, 0.1) is 6.92 Å². The average molecular weight is 336 g/mol. The van der Waals surface area contributed by atoms with Gasteiger partial charge in [0, 0.05) is 12.1 Å². The van der Waals surface area contributed by atoms with Crippen LogP contribution in [0.3, 0.4) is 0 Å². The van der Waals surface area contributed by atoms with E-state index in [1.807, 2.05) is 13.8 Å². The topological polar surface area (TPSA) is 41.6 Å². The lowest BCUT2D eigenvalue weighted by Gasteiger charge is -2.23. The second kappa shape index (κ2) is 8.28. The molecule has 0 bridgehead atoms. The average Bonchev–Trinajstić information content (AvgIpc) is 2.87.